The molecule has 3 aromatic heterocycles. The molecule has 55 heavy (non-hydrogen) atoms. The number of nitrogen functional groups attached to an aromatic ring is 1. The maximum absolute atomic E-state index is 12.5. The molecule has 0 saturated carbocycles. The first-order valence-corrected chi connectivity index (χ1v) is 21.9. The van der Waals surface area contributed by atoms with Crippen molar-refractivity contribution in [3.8, 4) is 0 Å². The Bertz CT molecular complexity index is 1970. The number of nitrogens with zero attached hydrogens (tertiary/aromatic N) is 4. The number of thiophene rings is 1. The zero-order valence-electron chi connectivity index (χ0n) is 28.6. The smallest absolute Gasteiger partial charge is 0.274 e. The van der Waals surface area contributed by atoms with Crippen molar-refractivity contribution in [1.82, 2.24) is 30.2 Å². The number of fused-ring (bicyclic) bond motifs is 1. The molecular weight excluding hydrogens is 839 g/mol. The summed E-state index contributed by atoms with van der Waals surface area (Å²) < 4.78 is 60.4. The molecule has 0 spiro atoms. The maximum atomic E-state index is 12.5. The zero-order valence-corrected chi connectivity index (χ0v) is 32.9. The van der Waals surface area contributed by atoms with Gasteiger partial charge in [0.2, 0.25) is 16.9 Å². The summed E-state index contributed by atoms with van der Waals surface area (Å²) in [6.07, 6.45) is -7.59. The van der Waals surface area contributed by atoms with Crippen LogP contribution in [0, 0.1) is 5.41 Å². The summed E-state index contributed by atoms with van der Waals surface area (Å²) in [7, 11) is -17.6. The van der Waals surface area contributed by atoms with E-state index >= 15 is 0 Å². The number of carbonyl (C=O) groups is 3. The SMILES string of the molecule is CC(C)(COP(=O)([O-])OP(=O)([O-])OC[C@H]1O[C@@H](n2cnc3c(N)ncnc32)[C@H](O)[C@@H]1OP(=O)([O-])[O-])[C@@H](O)C(=O)NCCC(=O)NCCSC(=O)c1cccs1. The first kappa shape index (κ1) is 45.0. The molecule has 7 atom stereocenters. The van der Waals surface area contributed by atoms with Crippen molar-refractivity contribution >= 4 is 80.5 Å². The molecule has 306 valence electrons. The highest BCUT2D eigenvalue weighted by molar-refractivity contribution is 8.14. The van der Waals surface area contributed by atoms with Gasteiger partial charge in [0.15, 0.2) is 17.7 Å². The number of nitrogens with one attached hydrogen (secondary N) is 2. The Morgan fingerprint density at radius 3 is 2.49 bits per heavy atom. The van der Waals surface area contributed by atoms with Crippen LogP contribution in [0.15, 0.2) is 30.2 Å². The molecule has 1 aliphatic heterocycles. The van der Waals surface area contributed by atoms with E-state index in [0.717, 1.165) is 29.0 Å². The number of hydrogen-bond donors (Lipinski definition) is 5. The highest BCUT2D eigenvalue weighted by Gasteiger charge is 2.47. The summed E-state index contributed by atoms with van der Waals surface area (Å²) in [5.41, 5.74) is 4.06. The van der Waals surface area contributed by atoms with Gasteiger partial charge in [-0.3, -0.25) is 28.1 Å². The summed E-state index contributed by atoms with van der Waals surface area (Å²) in [6.45, 7) is 0.0715. The molecule has 1 saturated heterocycles. The summed E-state index contributed by atoms with van der Waals surface area (Å²) in [6, 6.07) is 3.42. The normalized spacial score (nSPS) is 21.8. The lowest BCUT2D eigenvalue weighted by molar-refractivity contribution is -0.347. The standard InChI is InChI=1S/C26H38N7O17P3S2/c1-26(2,20(36)23(37)29-6-5-16(34)28-7-9-55-25(38)15-4-3-8-54-15)11-47-53(44,45)50-52(42,43)46-10-14-19(49-51(39,40)41)18(35)24(48-14)33-13-32-17-21(27)30-12-31-22(17)33/h3-4,8,12-14,18-20,24,35-36H,5-7,9-11H2,1-2H3,(H,28,34)(H,29,37)(H,42,43)(H,44,45)(H2,27,30,31)(H2,39,40,41)/p-4/t14-,18-,19-,20+,24-/m1/s1. The number of thioether (sulfide) groups is 1. The van der Waals surface area contributed by atoms with Crippen LogP contribution in [0.1, 0.15) is 36.2 Å². The van der Waals surface area contributed by atoms with Crippen LogP contribution >= 0.6 is 46.6 Å². The van der Waals surface area contributed by atoms with Gasteiger partial charge in [-0.1, -0.05) is 31.7 Å². The van der Waals surface area contributed by atoms with Gasteiger partial charge in [-0.2, -0.15) is 0 Å². The highest BCUT2D eigenvalue weighted by Crippen LogP contribution is 2.56. The first-order chi connectivity index (χ1) is 25.6. The maximum Gasteiger partial charge on any atom is 0.274 e. The predicted molar refractivity (Wildman–Crippen MR) is 182 cm³/mol. The summed E-state index contributed by atoms with van der Waals surface area (Å²) >= 11 is 2.32. The molecule has 4 heterocycles. The molecule has 24 nitrogen and oxygen atoms in total. The second-order valence-electron chi connectivity index (χ2n) is 12.1. The van der Waals surface area contributed by atoms with E-state index in [1.807, 2.05) is 0 Å². The van der Waals surface area contributed by atoms with Gasteiger partial charge in [0, 0.05) is 30.7 Å². The Kier molecular flexibility index (Phi) is 15.3. The van der Waals surface area contributed by atoms with E-state index in [-0.39, 0.29) is 41.6 Å². The van der Waals surface area contributed by atoms with Crippen molar-refractivity contribution in [2.24, 2.45) is 5.41 Å². The van der Waals surface area contributed by atoms with Crippen molar-refractivity contribution in [2.75, 3.05) is 37.8 Å². The molecule has 29 heteroatoms. The Morgan fingerprint density at radius 1 is 1.11 bits per heavy atom. The Balaban J connectivity index is 1.24. The molecule has 3 aromatic rings. The van der Waals surface area contributed by atoms with E-state index in [2.05, 4.69) is 43.5 Å². The fourth-order valence-corrected chi connectivity index (χ4v) is 8.93. The number of hydrogen-bond acceptors (Lipinski definition) is 23. The number of anilines is 1. The number of imidazole rings is 1. The first-order valence-electron chi connectivity index (χ1n) is 15.6. The van der Waals surface area contributed by atoms with Crippen LogP contribution in [-0.2, 0) is 45.9 Å². The minimum absolute atomic E-state index is 0.0220. The molecule has 2 unspecified atom stereocenters. The lowest BCUT2D eigenvalue weighted by Gasteiger charge is -2.36. The number of rotatable bonds is 20. The fourth-order valence-electron chi connectivity index (χ4n) is 4.72. The Hall–Kier alpha value is -2.74. The van der Waals surface area contributed by atoms with Crippen molar-refractivity contribution in [2.45, 2.75) is 50.9 Å². The number of amides is 2. The van der Waals surface area contributed by atoms with Crippen molar-refractivity contribution in [3.05, 3.63) is 35.0 Å². The van der Waals surface area contributed by atoms with E-state index in [1.54, 1.807) is 17.5 Å². The number of phosphoric ester groups is 3. The predicted octanol–water partition coefficient (Wildman–Crippen LogP) is -2.49. The molecule has 1 aliphatic rings. The Morgan fingerprint density at radius 2 is 1.82 bits per heavy atom. The monoisotopic (exact) mass is 873 g/mol. The van der Waals surface area contributed by atoms with Crippen LogP contribution in [0.5, 0.6) is 0 Å². The topological polar surface area (TPSA) is 375 Å². The molecule has 1 fully saturated rings. The molecule has 4 rings (SSSR count). The summed E-state index contributed by atoms with van der Waals surface area (Å²) in [5.74, 6) is -1.25. The highest BCUT2D eigenvalue weighted by atomic mass is 32.2. The van der Waals surface area contributed by atoms with Crippen molar-refractivity contribution < 1.29 is 80.5 Å². The van der Waals surface area contributed by atoms with E-state index in [1.165, 1.54) is 25.2 Å². The van der Waals surface area contributed by atoms with Crippen LogP contribution in [0.2, 0.25) is 0 Å². The second-order valence-corrected chi connectivity index (χ2v) is 18.2. The third-order valence-electron chi connectivity index (χ3n) is 7.43. The summed E-state index contributed by atoms with van der Waals surface area (Å²) in [5, 5.41) is 27.8. The molecular formula is C26H34N7O17P3S2-4. The van der Waals surface area contributed by atoms with E-state index in [4.69, 9.17) is 10.5 Å². The van der Waals surface area contributed by atoms with Crippen LogP contribution in [0.25, 0.3) is 11.2 Å². The van der Waals surface area contributed by atoms with E-state index in [9.17, 15) is 57.9 Å². The Labute approximate surface area is 319 Å². The number of aliphatic hydroxyl groups excluding tert-OH is 2. The second kappa shape index (κ2) is 18.7. The number of aliphatic hydroxyl groups is 2. The third kappa shape index (κ3) is 12.9. The zero-order chi connectivity index (χ0) is 40.8. The van der Waals surface area contributed by atoms with Crippen LogP contribution < -0.4 is 35.9 Å². The van der Waals surface area contributed by atoms with Gasteiger partial charge in [-0.15, -0.1) is 11.3 Å². The van der Waals surface area contributed by atoms with Crippen LogP contribution in [0.3, 0.4) is 0 Å². The van der Waals surface area contributed by atoms with Gasteiger partial charge < -0.3 is 69.0 Å². The van der Waals surface area contributed by atoms with E-state index in [0.29, 0.717) is 10.6 Å². The lowest BCUT2D eigenvalue weighted by Crippen LogP contribution is -2.46. The van der Waals surface area contributed by atoms with Crippen LogP contribution in [0.4, 0.5) is 5.82 Å². The number of phosphoric acid groups is 3. The molecule has 2 amide bonds. The molecule has 0 radical (unpaired) electrons. The van der Waals surface area contributed by atoms with Gasteiger partial charge in [0.25, 0.3) is 15.6 Å². The van der Waals surface area contributed by atoms with E-state index < -0.39 is 84.6 Å². The fraction of sp³-hybridized carbons (Fsp3) is 0.538. The molecule has 6 N–H and O–H groups in total. The molecule has 0 aliphatic carbocycles. The number of ether oxygens (including phenoxy) is 1. The average molecular weight is 874 g/mol. The van der Waals surface area contributed by atoms with Gasteiger partial charge >= 0.3 is 0 Å². The minimum Gasteiger partial charge on any atom is -0.790 e. The van der Waals surface area contributed by atoms with Crippen molar-refractivity contribution in [1.29, 1.82) is 0 Å². The summed E-state index contributed by atoms with van der Waals surface area (Å²) in [4.78, 5) is 96.5. The molecule has 0 bridgehead atoms. The van der Waals surface area contributed by atoms with Crippen LogP contribution in [-0.4, -0.2) is 103 Å². The third-order valence-corrected chi connectivity index (χ3v) is 12.3. The number of carbonyl (C=O) groups excluding carboxylic acids is 3. The number of nitrogens with two attached hydrogens (primary N) is 1. The molecule has 0 aromatic carbocycles. The van der Waals surface area contributed by atoms with Gasteiger partial charge in [0.1, 0.15) is 36.3 Å². The minimum atomic E-state index is -5.91. The van der Waals surface area contributed by atoms with Gasteiger partial charge in [-0.25, -0.2) is 19.3 Å². The average Bonchev–Trinajstić information content (AvgIpc) is 3.84. The van der Waals surface area contributed by atoms with Crippen molar-refractivity contribution in [3.63, 3.8) is 0 Å². The lowest BCUT2D eigenvalue weighted by atomic mass is 9.87. The quantitative estimate of drug-likeness (QED) is 0.0579. The van der Waals surface area contributed by atoms with Gasteiger partial charge in [0.05, 0.1) is 32.2 Å². The largest absolute Gasteiger partial charge is 0.790 e. The van der Waals surface area contributed by atoms with Gasteiger partial charge in [-0.05, 0) is 11.4 Å². The number of aromatic nitrogens is 4.